The van der Waals surface area contributed by atoms with Crippen LogP contribution in [0.3, 0.4) is 0 Å². The van der Waals surface area contributed by atoms with Crippen molar-refractivity contribution in [3.63, 3.8) is 0 Å². The molecule has 2 N–H and O–H groups in total. The number of carbonyl (C=O) groups excluding carboxylic acids is 2. The number of aromatic nitrogens is 1. The molecule has 3 atom stereocenters. The summed E-state index contributed by atoms with van der Waals surface area (Å²) in [6.07, 6.45) is 5.34. The molecule has 2 saturated heterocycles. The van der Waals surface area contributed by atoms with Crippen LogP contribution >= 0.6 is 0 Å². The normalized spacial score (nSPS) is 21.7. The van der Waals surface area contributed by atoms with E-state index in [-0.39, 0.29) is 29.4 Å². The molecule has 8 heteroatoms. The summed E-state index contributed by atoms with van der Waals surface area (Å²) < 4.78 is 11.0. The summed E-state index contributed by atoms with van der Waals surface area (Å²) >= 11 is 0. The summed E-state index contributed by atoms with van der Waals surface area (Å²) in [6.45, 7) is 8.28. The monoisotopic (exact) mass is 494 g/mol. The zero-order valence-electron chi connectivity index (χ0n) is 21.7. The van der Waals surface area contributed by atoms with Crippen LogP contribution in [-0.4, -0.2) is 61.9 Å². The van der Waals surface area contributed by atoms with Crippen LogP contribution in [0.5, 0.6) is 0 Å². The summed E-state index contributed by atoms with van der Waals surface area (Å²) in [5, 5.41) is 6.47. The van der Waals surface area contributed by atoms with Crippen LogP contribution in [0.4, 0.5) is 5.69 Å². The van der Waals surface area contributed by atoms with Crippen molar-refractivity contribution in [3.05, 3.63) is 59.9 Å². The first kappa shape index (κ1) is 26.3. The predicted octanol–water partition coefficient (Wildman–Crippen LogP) is 3.13. The van der Waals surface area contributed by atoms with Crippen molar-refractivity contribution >= 4 is 17.5 Å². The fourth-order valence-corrected chi connectivity index (χ4v) is 4.84. The Morgan fingerprint density at radius 3 is 2.47 bits per heavy atom. The topological polar surface area (TPSA) is 92.8 Å². The quantitative estimate of drug-likeness (QED) is 0.615. The minimum atomic E-state index is -0.863. The molecule has 2 aliphatic heterocycles. The Morgan fingerprint density at radius 1 is 1.17 bits per heavy atom. The summed E-state index contributed by atoms with van der Waals surface area (Å²) in [4.78, 5) is 33.9. The van der Waals surface area contributed by atoms with Crippen LogP contribution in [0, 0.1) is 0 Å². The average Bonchev–Trinajstić information content (AvgIpc) is 3.37. The molecule has 0 saturated carbocycles. The second-order valence-corrected chi connectivity index (χ2v) is 10.6. The van der Waals surface area contributed by atoms with Gasteiger partial charge >= 0.3 is 0 Å². The van der Waals surface area contributed by atoms with Gasteiger partial charge in [0.15, 0.2) is 0 Å². The molecule has 2 fully saturated rings. The standard InChI is InChI=1S/C28H38N4O4/c1-28(2,3)20-7-9-22(10-8-20)32(27(34)24-16-23(35-4)18-30-24)25(19-6-5-13-29-17-19)26(33)31-21-11-14-36-15-12-21/h5-10,13,17,21,23-25,30H,11-12,14-16,18H2,1-4H3,(H,31,33)/t23-,24-,25?/m1/s1. The fourth-order valence-electron chi connectivity index (χ4n) is 4.84. The van der Waals surface area contributed by atoms with Gasteiger partial charge in [0, 0.05) is 56.6 Å². The largest absolute Gasteiger partial charge is 0.381 e. The van der Waals surface area contributed by atoms with Crippen molar-refractivity contribution in [2.75, 3.05) is 31.8 Å². The predicted molar refractivity (Wildman–Crippen MR) is 139 cm³/mol. The van der Waals surface area contributed by atoms with Gasteiger partial charge in [0.05, 0.1) is 12.1 Å². The molecule has 8 nitrogen and oxygen atoms in total. The van der Waals surface area contributed by atoms with E-state index >= 15 is 0 Å². The van der Waals surface area contributed by atoms with E-state index in [4.69, 9.17) is 9.47 Å². The Labute approximate surface area is 213 Å². The van der Waals surface area contributed by atoms with Gasteiger partial charge in [-0.15, -0.1) is 0 Å². The number of benzene rings is 1. The highest BCUT2D eigenvalue weighted by atomic mass is 16.5. The van der Waals surface area contributed by atoms with Gasteiger partial charge in [-0.05, 0) is 48.4 Å². The molecular weight excluding hydrogens is 456 g/mol. The second-order valence-electron chi connectivity index (χ2n) is 10.6. The lowest BCUT2D eigenvalue weighted by molar-refractivity contribution is -0.128. The van der Waals surface area contributed by atoms with Gasteiger partial charge in [-0.3, -0.25) is 19.5 Å². The Morgan fingerprint density at radius 2 is 1.89 bits per heavy atom. The van der Waals surface area contributed by atoms with Crippen LogP contribution in [0.25, 0.3) is 0 Å². The minimum Gasteiger partial charge on any atom is -0.381 e. The van der Waals surface area contributed by atoms with Crippen LogP contribution in [0.15, 0.2) is 48.8 Å². The third-order valence-corrected chi connectivity index (χ3v) is 7.05. The molecule has 1 aromatic heterocycles. The zero-order valence-corrected chi connectivity index (χ0v) is 21.7. The van der Waals surface area contributed by atoms with Crippen LogP contribution in [0.1, 0.15) is 57.2 Å². The van der Waals surface area contributed by atoms with E-state index in [2.05, 4.69) is 36.4 Å². The number of carbonyl (C=O) groups is 2. The van der Waals surface area contributed by atoms with Crippen LogP contribution in [-0.2, 0) is 24.5 Å². The zero-order chi connectivity index (χ0) is 25.7. The first-order valence-corrected chi connectivity index (χ1v) is 12.8. The maximum atomic E-state index is 14.1. The maximum absolute atomic E-state index is 14.1. The summed E-state index contributed by atoms with van der Waals surface area (Å²) in [5.74, 6) is -0.376. The molecular formula is C28H38N4O4. The highest BCUT2D eigenvalue weighted by Crippen LogP contribution is 2.32. The van der Waals surface area contributed by atoms with Crippen molar-refractivity contribution < 1.29 is 19.1 Å². The lowest BCUT2D eigenvalue weighted by Crippen LogP contribution is -2.52. The average molecular weight is 495 g/mol. The van der Waals surface area contributed by atoms with E-state index < -0.39 is 12.1 Å². The smallest absolute Gasteiger partial charge is 0.248 e. The minimum absolute atomic E-state index is 0.00752. The third kappa shape index (κ3) is 6.11. The third-order valence-electron chi connectivity index (χ3n) is 7.05. The SMILES string of the molecule is CO[C@H]1CN[C@@H](C(=O)N(c2ccc(C(C)(C)C)cc2)C(C(=O)NC2CCOCC2)c2cccnc2)C1. The van der Waals surface area contributed by atoms with Crippen molar-refractivity contribution in [2.24, 2.45) is 0 Å². The maximum Gasteiger partial charge on any atom is 0.248 e. The Kier molecular flexibility index (Phi) is 8.39. The van der Waals surface area contributed by atoms with E-state index in [1.807, 2.05) is 30.3 Å². The molecule has 194 valence electrons. The van der Waals surface area contributed by atoms with Gasteiger partial charge in [0.1, 0.15) is 6.04 Å². The molecule has 2 aliphatic rings. The molecule has 2 amide bonds. The van der Waals surface area contributed by atoms with Crippen LogP contribution < -0.4 is 15.5 Å². The highest BCUT2D eigenvalue weighted by Gasteiger charge is 2.40. The first-order chi connectivity index (χ1) is 17.3. The Hall–Kier alpha value is -2.81. The molecule has 0 bridgehead atoms. The molecule has 2 aromatic rings. The Bertz CT molecular complexity index is 1020. The molecule has 4 rings (SSSR count). The van der Waals surface area contributed by atoms with Gasteiger partial charge in [0.25, 0.3) is 0 Å². The van der Waals surface area contributed by atoms with Crippen molar-refractivity contribution in [1.29, 1.82) is 0 Å². The van der Waals surface area contributed by atoms with Crippen molar-refractivity contribution in [2.45, 2.75) is 69.7 Å². The number of methoxy groups -OCH3 is 1. The molecule has 0 radical (unpaired) electrons. The number of rotatable bonds is 7. The molecule has 1 aromatic carbocycles. The van der Waals surface area contributed by atoms with Gasteiger partial charge in [-0.25, -0.2) is 0 Å². The fraction of sp³-hybridized carbons (Fsp3) is 0.536. The Balaban J connectivity index is 1.73. The molecule has 3 heterocycles. The molecule has 0 spiro atoms. The molecule has 0 aliphatic carbocycles. The van der Waals surface area contributed by atoms with E-state index in [9.17, 15) is 9.59 Å². The van der Waals surface area contributed by atoms with Gasteiger partial charge in [-0.1, -0.05) is 39.0 Å². The number of ether oxygens (including phenoxy) is 2. The second kappa shape index (κ2) is 11.5. The van der Waals surface area contributed by atoms with E-state index in [0.29, 0.717) is 37.4 Å². The lowest BCUT2D eigenvalue weighted by Gasteiger charge is -2.35. The summed E-state index contributed by atoms with van der Waals surface area (Å²) in [6, 6.07) is 10.3. The van der Waals surface area contributed by atoms with Crippen molar-refractivity contribution in [3.8, 4) is 0 Å². The van der Waals surface area contributed by atoms with Gasteiger partial charge in [0.2, 0.25) is 11.8 Å². The molecule has 36 heavy (non-hydrogen) atoms. The summed E-state index contributed by atoms with van der Waals surface area (Å²) in [5.41, 5.74) is 2.46. The number of anilines is 1. The van der Waals surface area contributed by atoms with Gasteiger partial charge in [-0.2, -0.15) is 0 Å². The van der Waals surface area contributed by atoms with E-state index in [1.165, 1.54) is 0 Å². The van der Waals surface area contributed by atoms with E-state index in [1.54, 1.807) is 30.5 Å². The number of hydrogen-bond acceptors (Lipinski definition) is 6. The number of pyridine rings is 1. The van der Waals surface area contributed by atoms with E-state index in [0.717, 1.165) is 18.4 Å². The first-order valence-electron chi connectivity index (χ1n) is 12.8. The molecule has 1 unspecified atom stereocenters. The number of amides is 2. The van der Waals surface area contributed by atoms with Crippen LogP contribution in [0.2, 0.25) is 0 Å². The number of hydrogen-bond donors (Lipinski definition) is 2. The number of nitrogens with one attached hydrogen (secondary N) is 2. The lowest BCUT2D eigenvalue weighted by atomic mass is 9.87. The summed E-state index contributed by atoms with van der Waals surface area (Å²) in [7, 11) is 1.65. The van der Waals surface area contributed by atoms with Gasteiger partial charge < -0.3 is 20.1 Å². The van der Waals surface area contributed by atoms with Crippen molar-refractivity contribution in [1.82, 2.24) is 15.6 Å². The highest BCUT2D eigenvalue weighted by molar-refractivity contribution is 6.04. The number of nitrogens with zero attached hydrogens (tertiary/aromatic N) is 2.